The van der Waals surface area contributed by atoms with Gasteiger partial charge in [-0.25, -0.2) is 0 Å². The van der Waals surface area contributed by atoms with Gasteiger partial charge in [-0.15, -0.1) is 11.6 Å². The van der Waals surface area contributed by atoms with Crippen LogP contribution in [0.15, 0.2) is 16.8 Å². The number of halogens is 1. The lowest BCUT2D eigenvalue weighted by Gasteiger charge is -2.34. The van der Waals surface area contributed by atoms with Crippen LogP contribution in [0, 0.1) is 0 Å². The van der Waals surface area contributed by atoms with Gasteiger partial charge in [0.05, 0.1) is 25.7 Å². The third-order valence-electron chi connectivity index (χ3n) is 2.66. The number of rotatable bonds is 3. The smallest absolute Gasteiger partial charge is 0.227 e. The highest BCUT2D eigenvalue weighted by Crippen LogP contribution is 2.13. The van der Waals surface area contributed by atoms with Crippen LogP contribution in [0.3, 0.4) is 0 Å². The number of amides is 1. The van der Waals surface area contributed by atoms with Crippen LogP contribution in [-0.4, -0.2) is 42.5 Å². The molecule has 3 nitrogen and oxygen atoms in total. The summed E-state index contributed by atoms with van der Waals surface area (Å²) in [5.74, 6) is 0.586. The summed E-state index contributed by atoms with van der Waals surface area (Å²) in [4.78, 5) is 13.9. The second kappa shape index (κ2) is 5.66. The lowest BCUT2D eigenvalue weighted by molar-refractivity contribution is -0.138. The van der Waals surface area contributed by atoms with Crippen LogP contribution in [0.2, 0.25) is 0 Å². The molecule has 1 aromatic rings. The van der Waals surface area contributed by atoms with Gasteiger partial charge in [0.2, 0.25) is 5.91 Å². The Labute approximate surface area is 104 Å². The largest absolute Gasteiger partial charge is 0.377 e. The van der Waals surface area contributed by atoms with Gasteiger partial charge in [-0.3, -0.25) is 4.79 Å². The van der Waals surface area contributed by atoms with Crippen molar-refractivity contribution in [3.05, 3.63) is 22.4 Å². The fraction of sp³-hybridized carbons (Fsp3) is 0.545. The molecule has 2 heterocycles. The van der Waals surface area contributed by atoms with Crippen LogP contribution < -0.4 is 0 Å². The topological polar surface area (TPSA) is 29.5 Å². The molecule has 1 aliphatic heterocycles. The number of hydrogen-bond acceptors (Lipinski definition) is 3. The van der Waals surface area contributed by atoms with E-state index in [4.69, 9.17) is 16.3 Å². The van der Waals surface area contributed by atoms with E-state index in [1.165, 1.54) is 0 Å². The summed E-state index contributed by atoms with van der Waals surface area (Å²) in [7, 11) is 0. The molecule has 0 aromatic carbocycles. The predicted octanol–water partition coefficient (Wildman–Crippen LogP) is 1.76. The number of morpholine rings is 1. The van der Waals surface area contributed by atoms with E-state index in [0.29, 0.717) is 32.1 Å². The van der Waals surface area contributed by atoms with Crippen molar-refractivity contribution in [1.29, 1.82) is 0 Å². The zero-order chi connectivity index (χ0) is 11.4. The van der Waals surface area contributed by atoms with E-state index in [9.17, 15) is 4.79 Å². The van der Waals surface area contributed by atoms with Gasteiger partial charge in [0.25, 0.3) is 0 Å². The Bertz CT molecular complexity index is 342. The van der Waals surface area contributed by atoms with Crippen LogP contribution in [-0.2, 0) is 16.0 Å². The average molecular weight is 260 g/mol. The average Bonchev–Trinajstić information content (AvgIpc) is 2.81. The van der Waals surface area contributed by atoms with Crippen molar-refractivity contribution in [3.63, 3.8) is 0 Å². The second-order valence-corrected chi connectivity index (χ2v) is 4.87. The highest BCUT2D eigenvalue weighted by Gasteiger charge is 2.26. The molecule has 0 N–H and O–H groups in total. The summed E-state index contributed by atoms with van der Waals surface area (Å²) < 4.78 is 5.31. The summed E-state index contributed by atoms with van der Waals surface area (Å²) in [6.07, 6.45) is 0.469. The minimum absolute atomic E-state index is 0.0292. The number of carbonyl (C=O) groups excluding carboxylic acids is 1. The third kappa shape index (κ3) is 2.75. The molecule has 88 valence electrons. The van der Waals surface area contributed by atoms with Gasteiger partial charge in [-0.05, 0) is 22.4 Å². The minimum Gasteiger partial charge on any atom is -0.377 e. The first-order valence-corrected chi connectivity index (χ1v) is 6.73. The molecule has 0 saturated carbocycles. The van der Waals surface area contributed by atoms with Gasteiger partial charge in [-0.2, -0.15) is 11.3 Å². The zero-order valence-electron chi connectivity index (χ0n) is 8.89. The van der Waals surface area contributed by atoms with Crippen molar-refractivity contribution in [2.24, 2.45) is 0 Å². The van der Waals surface area contributed by atoms with E-state index in [0.717, 1.165) is 5.56 Å². The van der Waals surface area contributed by atoms with Gasteiger partial charge in [0.15, 0.2) is 0 Å². The van der Waals surface area contributed by atoms with Crippen molar-refractivity contribution in [1.82, 2.24) is 4.90 Å². The Hall–Kier alpha value is -0.580. The lowest BCUT2D eigenvalue weighted by Crippen LogP contribution is -2.50. The molecule has 1 saturated heterocycles. The number of nitrogens with zero attached hydrogens (tertiary/aromatic N) is 1. The molecule has 1 fully saturated rings. The maximum Gasteiger partial charge on any atom is 0.227 e. The van der Waals surface area contributed by atoms with Crippen LogP contribution >= 0.6 is 22.9 Å². The van der Waals surface area contributed by atoms with Gasteiger partial charge in [-0.1, -0.05) is 0 Å². The minimum atomic E-state index is 0.0292. The number of ether oxygens (including phenoxy) is 1. The van der Waals surface area contributed by atoms with Gasteiger partial charge < -0.3 is 9.64 Å². The van der Waals surface area contributed by atoms with E-state index < -0.39 is 0 Å². The number of hydrogen-bond donors (Lipinski definition) is 0. The summed E-state index contributed by atoms with van der Waals surface area (Å²) >= 11 is 7.44. The van der Waals surface area contributed by atoms with Gasteiger partial charge in [0.1, 0.15) is 0 Å². The monoisotopic (exact) mass is 259 g/mol. The predicted molar refractivity (Wildman–Crippen MR) is 65.1 cm³/mol. The van der Waals surface area contributed by atoms with Crippen molar-refractivity contribution < 1.29 is 9.53 Å². The molecule has 0 aliphatic carbocycles. The molecule has 0 bridgehead atoms. The fourth-order valence-electron chi connectivity index (χ4n) is 1.78. The molecular weight excluding hydrogens is 246 g/mol. The third-order valence-corrected chi connectivity index (χ3v) is 3.75. The molecule has 0 spiro atoms. The van der Waals surface area contributed by atoms with Crippen LogP contribution in [0.1, 0.15) is 5.56 Å². The highest BCUT2D eigenvalue weighted by molar-refractivity contribution is 7.07. The Kier molecular flexibility index (Phi) is 4.21. The highest BCUT2D eigenvalue weighted by atomic mass is 35.5. The molecule has 1 amide bonds. The molecule has 1 aromatic heterocycles. The normalized spacial score (nSPS) is 21.1. The van der Waals surface area contributed by atoms with Crippen LogP contribution in [0.25, 0.3) is 0 Å². The Morgan fingerprint density at radius 1 is 1.69 bits per heavy atom. The molecule has 16 heavy (non-hydrogen) atoms. The van der Waals surface area contributed by atoms with E-state index in [2.05, 4.69) is 0 Å². The van der Waals surface area contributed by atoms with E-state index in [-0.39, 0.29) is 11.9 Å². The molecule has 0 radical (unpaired) electrons. The molecule has 5 heteroatoms. The standard InChI is InChI=1S/C11H14ClNO2S/c12-6-10-7-15-3-2-13(10)11(14)5-9-1-4-16-8-9/h1,4,8,10H,2-3,5-7H2. The SMILES string of the molecule is O=C(Cc1ccsc1)N1CCOCC1CCl. The van der Waals surface area contributed by atoms with Gasteiger partial charge in [0, 0.05) is 12.4 Å². The molecule has 1 atom stereocenters. The molecule has 1 unspecified atom stereocenters. The van der Waals surface area contributed by atoms with E-state index in [1.807, 2.05) is 21.7 Å². The number of carbonyl (C=O) groups is 1. The molecule has 2 rings (SSSR count). The first kappa shape index (κ1) is 11.9. The summed E-state index contributed by atoms with van der Waals surface area (Å²) in [5.41, 5.74) is 1.08. The van der Waals surface area contributed by atoms with Crippen LogP contribution in [0.4, 0.5) is 0 Å². The summed E-state index contributed by atoms with van der Waals surface area (Å²) in [5, 5.41) is 4.00. The van der Waals surface area contributed by atoms with E-state index >= 15 is 0 Å². The van der Waals surface area contributed by atoms with Crippen molar-refractivity contribution >= 4 is 28.8 Å². The fourth-order valence-corrected chi connectivity index (χ4v) is 2.70. The summed E-state index contributed by atoms with van der Waals surface area (Å²) in [6.45, 7) is 1.82. The van der Waals surface area contributed by atoms with Crippen molar-refractivity contribution in [2.45, 2.75) is 12.5 Å². The maximum atomic E-state index is 12.1. The first-order valence-electron chi connectivity index (χ1n) is 5.25. The quantitative estimate of drug-likeness (QED) is 0.774. The van der Waals surface area contributed by atoms with E-state index in [1.54, 1.807) is 11.3 Å². The molecule has 1 aliphatic rings. The lowest BCUT2D eigenvalue weighted by atomic mass is 10.2. The van der Waals surface area contributed by atoms with Crippen LogP contribution in [0.5, 0.6) is 0 Å². The first-order chi connectivity index (χ1) is 7.81. The van der Waals surface area contributed by atoms with Gasteiger partial charge >= 0.3 is 0 Å². The van der Waals surface area contributed by atoms with Crippen molar-refractivity contribution in [2.75, 3.05) is 25.6 Å². The summed E-state index contributed by atoms with van der Waals surface area (Å²) in [6, 6.07) is 2.01. The maximum absolute atomic E-state index is 12.1. The number of thiophene rings is 1. The number of alkyl halides is 1. The van der Waals surface area contributed by atoms with Crippen molar-refractivity contribution in [3.8, 4) is 0 Å². The zero-order valence-corrected chi connectivity index (χ0v) is 10.5. The Morgan fingerprint density at radius 2 is 2.56 bits per heavy atom. The Balaban J connectivity index is 1.97. The Morgan fingerprint density at radius 3 is 3.25 bits per heavy atom. The second-order valence-electron chi connectivity index (χ2n) is 3.78. The molecular formula is C11H14ClNO2S.